The minimum absolute atomic E-state index is 0.172. The van der Waals surface area contributed by atoms with Crippen molar-refractivity contribution < 1.29 is 18.3 Å². The van der Waals surface area contributed by atoms with Crippen LogP contribution in [-0.2, 0) is 9.53 Å². The summed E-state index contributed by atoms with van der Waals surface area (Å²) < 4.78 is 33.9. The van der Waals surface area contributed by atoms with Crippen molar-refractivity contribution in [2.24, 2.45) is 5.41 Å². The van der Waals surface area contributed by atoms with Crippen molar-refractivity contribution in [1.29, 1.82) is 0 Å². The van der Waals surface area contributed by atoms with Gasteiger partial charge in [0.1, 0.15) is 5.82 Å². The number of ether oxygens (including phenoxy) is 1. The summed E-state index contributed by atoms with van der Waals surface area (Å²) in [6.07, 6.45) is 4.36. The highest BCUT2D eigenvalue weighted by Crippen LogP contribution is 2.51. The van der Waals surface area contributed by atoms with Crippen LogP contribution in [0.1, 0.15) is 57.9 Å². The molecule has 1 heterocycles. The molecule has 0 N–H and O–H groups in total. The zero-order valence-electron chi connectivity index (χ0n) is 15.5. The van der Waals surface area contributed by atoms with Gasteiger partial charge in [0.05, 0.1) is 12.1 Å². The van der Waals surface area contributed by atoms with Crippen LogP contribution in [0.3, 0.4) is 0 Å². The molecule has 0 unspecified atom stereocenters. The number of rotatable bonds is 4. The molecule has 1 aromatic carbocycles. The molecular weight excluding hydrogens is 336 g/mol. The summed E-state index contributed by atoms with van der Waals surface area (Å²) >= 11 is 0. The summed E-state index contributed by atoms with van der Waals surface area (Å²) in [7, 11) is 0. The molecule has 1 aliphatic carbocycles. The maximum Gasteiger partial charge on any atom is 0.344 e. The molecule has 0 saturated heterocycles. The van der Waals surface area contributed by atoms with E-state index < -0.39 is 17.1 Å². The first-order valence-electron chi connectivity index (χ1n) is 9.19. The molecule has 1 aromatic heterocycles. The van der Waals surface area contributed by atoms with Crippen molar-refractivity contribution in [2.45, 2.75) is 58.0 Å². The molecular formula is C21H25F2NO2. The topological polar surface area (TPSA) is 39.2 Å². The molecule has 1 atom stereocenters. The van der Waals surface area contributed by atoms with Crippen LogP contribution in [0.4, 0.5) is 8.78 Å². The maximum atomic E-state index is 15.2. The molecule has 0 radical (unpaired) electrons. The second-order valence-corrected chi connectivity index (χ2v) is 7.62. The summed E-state index contributed by atoms with van der Waals surface area (Å²) in [5, 5.41) is 0.814. The molecule has 2 aromatic rings. The number of pyridine rings is 1. The van der Waals surface area contributed by atoms with Gasteiger partial charge >= 0.3 is 5.97 Å². The fraction of sp³-hybridized carbons (Fsp3) is 0.524. The number of carbonyl (C=O) groups excluding carboxylic acids is 1. The highest BCUT2D eigenvalue weighted by atomic mass is 19.1. The standard InChI is InChI=1S/C21H25F2NO2/c1-4-26-19(25)21(3,23)20(2)10-7-14(8-11-20)16-9-12-24-18-6-5-15(22)13-17(16)18/h5-6,9,12-14H,4,7-8,10-11H2,1-3H3/t14?,20?,21-/m0/s1. The fourth-order valence-electron chi connectivity index (χ4n) is 4.04. The second kappa shape index (κ2) is 6.93. The van der Waals surface area contributed by atoms with Gasteiger partial charge in [-0.1, -0.05) is 6.92 Å². The van der Waals surface area contributed by atoms with Crippen molar-refractivity contribution >= 4 is 16.9 Å². The molecule has 3 nitrogen and oxygen atoms in total. The number of hydrogen-bond donors (Lipinski definition) is 0. The van der Waals surface area contributed by atoms with Gasteiger partial charge in [0, 0.05) is 17.0 Å². The van der Waals surface area contributed by atoms with E-state index in [1.165, 1.54) is 19.1 Å². The van der Waals surface area contributed by atoms with Crippen LogP contribution in [-0.4, -0.2) is 23.2 Å². The lowest BCUT2D eigenvalue weighted by atomic mass is 9.63. The first-order chi connectivity index (χ1) is 12.3. The Balaban J connectivity index is 1.83. The van der Waals surface area contributed by atoms with Gasteiger partial charge in [0.25, 0.3) is 0 Å². The summed E-state index contributed by atoms with van der Waals surface area (Å²) in [6.45, 7) is 5.01. The van der Waals surface area contributed by atoms with Crippen molar-refractivity contribution in [1.82, 2.24) is 4.98 Å². The molecule has 5 heteroatoms. The summed E-state index contributed by atoms with van der Waals surface area (Å²) in [5.74, 6) is -0.864. The van der Waals surface area contributed by atoms with E-state index in [2.05, 4.69) is 4.98 Å². The predicted molar refractivity (Wildman–Crippen MR) is 97.2 cm³/mol. The van der Waals surface area contributed by atoms with Gasteiger partial charge in [-0.05, 0) is 75.3 Å². The van der Waals surface area contributed by atoms with E-state index in [1.54, 1.807) is 19.2 Å². The number of halogens is 2. The summed E-state index contributed by atoms with van der Waals surface area (Å²) in [6, 6.07) is 6.53. The third-order valence-electron chi connectivity index (χ3n) is 6.06. The zero-order valence-corrected chi connectivity index (χ0v) is 15.5. The number of hydrogen-bond acceptors (Lipinski definition) is 3. The first-order valence-corrected chi connectivity index (χ1v) is 9.19. The predicted octanol–water partition coefficient (Wildman–Crippen LogP) is 5.33. The van der Waals surface area contributed by atoms with Gasteiger partial charge in [-0.25, -0.2) is 13.6 Å². The van der Waals surface area contributed by atoms with Gasteiger partial charge in [-0.15, -0.1) is 0 Å². The average Bonchev–Trinajstić information content (AvgIpc) is 2.62. The number of carbonyl (C=O) groups is 1. The van der Waals surface area contributed by atoms with Crippen molar-refractivity contribution in [2.75, 3.05) is 6.61 Å². The first kappa shape index (κ1) is 18.7. The third kappa shape index (κ3) is 3.19. The number of nitrogens with zero attached hydrogens (tertiary/aromatic N) is 1. The van der Waals surface area contributed by atoms with Crippen molar-refractivity contribution in [3.8, 4) is 0 Å². The number of benzene rings is 1. The van der Waals surface area contributed by atoms with Gasteiger partial charge in [0.15, 0.2) is 0 Å². The Hall–Kier alpha value is -2.04. The normalized spacial score (nSPS) is 25.7. The molecule has 0 spiro atoms. The number of aromatic nitrogens is 1. The molecule has 3 rings (SSSR count). The monoisotopic (exact) mass is 361 g/mol. The smallest absolute Gasteiger partial charge is 0.344 e. The minimum atomic E-state index is -2.01. The Bertz CT molecular complexity index is 811. The number of alkyl halides is 1. The van der Waals surface area contributed by atoms with E-state index in [4.69, 9.17) is 4.74 Å². The third-order valence-corrected chi connectivity index (χ3v) is 6.06. The Labute approximate surface area is 152 Å². The van der Waals surface area contributed by atoms with Crippen LogP contribution in [0.25, 0.3) is 10.9 Å². The van der Waals surface area contributed by atoms with Crippen LogP contribution in [0, 0.1) is 11.2 Å². The van der Waals surface area contributed by atoms with E-state index >= 15 is 4.39 Å². The zero-order chi connectivity index (χ0) is 18.9. The van der Waals surface area contributed by atoms with Crippen LogP contribution in [0.5, 0.6) is 0 Å². The minimum Gasteiger partial charge on any atom is -0.464 e. The Morgan fingerprint density at radius 1 is 1.35 bits per heavy atom. The number of esters is 1. The maximum absolute atomic E-state index is 15.2. The Morgan fingerprint density at radius 3 is 2.69 bits per heavy atom. The lowest BCUT2D eigenvalue weighted by molar-refractivity contribution is -0.167. The molecule has 26 heavy (non-hydrogen) atoms. The van der Waals surface area contributed by atoms with Crippen molar-refractivity contribution in [3.63, 3.8) is 0 Å². The van der Waals surface area contributed by atoms with Crippen LogP contribution in [0.2, 0.25) is 0 Å². The second-order valence-electron chi connectivity index (χ2n) is 7.62. The van der Waals surface area contributed by atoms with Gasteiger partial charge in [0.2, 0.25) is 5.67 Å². The largest absolute Gasteiger partial charge is 0.464 e. The molecule has 1 fully saturated rings. The Morgan fingerprint density at radius 2 is 2.04 bits per heavy atom. The summed E-state index contributed by atoms with van der Waals surface area (Å²) in [5.41, 5.74) is -0.961. The molecule has 0 amide bonds. The van der Waals surface area contributed by atoms with Crippen LogP contribution >= 0.6 is 0 Å². The molecule has 0 aliphatic heterocycles. The fourth-order valence-corrected chi connectivity index (χ4v) is 4.04. The average molecular weight is 361 g/mol. The highest BCUT2D eigenvalue weighted by molar-refractivity contribution is 5.82. The summed E-state index contributed by atoms with van der Waals surface area (Å²) in [4.78, 5) is 16.4. The van der Waals surface area contributed by atoms with Gasteiger partial charge in [-0.2, -0.15) is 0 Å². The number of fused-ring (bicyclic) bond motifs is 1. The quantitative estimate of drug-likeness (QED) is 0.691. The van der Waals surface area contributed by atoms with Crippen LogP contribution < -0.4 is 0 Å². The van der Waals surface area contributed by atoms with E-state index in [0.29, 0.717) is 12.8 Å². The van der Waals surface area contributed by atoms with Crippen LogP contribution in [0.15, 0.2) is 30.5 Å². The molecule has 1 aliphatic rings. The van der Waals surface area contributed by atoms with E-state index in [-0.39, 0.29) is 18.3 Å². The van der Waals surface area contributed by atoms with E-state index in [9.17, 15) is 9.18 Å². The van der Waals surface area contributed by atoms with E-state index in [0.717, 1.165) is 29.3 Å². The van der Waals surface area contributed by atoms with E-state index in [1.807, 2.05) is 13.0 Å². The molecule has 140 valence electrons. The molecule has 0 bridgehead atoms. The molecule has 1 saturated carbocycles. The lowest BCUT2D eigenvalue weighted by Crippen LogP contribution is -2.49. The Kier molecular flexibility index (Phi) is 5.00. The SMILES string of the molecule is CCOC(=O)[C@](C)(F)C1(C)CCC(c2ccnc3ccc(F)cc23)CC1. The van der Waals surface area contributed by atoms with Gasteiger partial charge < -0.3 is 4.74 Å². The lowest BCUT2D eigenvalue weighted by Gasteiger charge is -2.44. The highest BCUT2D eigenvalue weighted by Gasteiger charge is 2.53. The van der Waals surface area contributed by atoms with Crippen molar-refractivity contribution in [3.05, 3.63) is 41.8 Å². The van der Waals surface area contributed by atoms with Gasteiger partial charge in [-0.3, -0.25) is 4.98 Å².